The van der Waals surface area contributed by atoms with E-state index in [9.17, 15) is 9.59 Å². The normalized spacial score (nSPS) is 12.4. The molecule has 4 rings (SSSR count). The monoisotopic (exact) mass is 386 g/mol. The minimum absolute atomic E-state index is 0.139. The highest BCUT2D eigenvalue weighted by Gasteiger charge is 2.28. The van der Waals surface area contributed by atoms with Gasteiger partial charge in [0.05, 0.1) is 0 Å². The molecule has 2 aromatic carbocycles. The molecule has 0 saturated heterocycles. The Bertz CT molecular complexity index is 1030. The molecule has 3 amide bonds. The molecule has 0 bridgehead atoms. The number of pyridine rings is 1. The number of aryl methyl sites for hydroxylation is 1. The van der Waals surface area contributed by atoms with E-state index in [0.717, 1.165) is 28.1 Å². The Morgan fingerprint density at radius 1 is 1.03 bits per heavy atom. The summed E-state index contributed by atoms with van der Waals surface area (Å²) < 4.78 is 0. The Hall–Kier alpha value is -3.67. The summed E-state index contributed by atoms with van der Waals surface area (Å²) in [5, 5.41) is 5.88. The van der Waals surface area contributed by atoms with Gasteiger partial charge in [0.15, 0.2) is 0 Å². The van der Waals surface area contributed by atoms with Gasteiger partial charge in [-0.2, -0.15) is 0 Å². The van der Waals surface area contributed by atoms with Crippen LogP contribution in [0.1, 0.15) is 27.0 Å². The number of aromatic nitrogens is 1. The first-order valence-electron chi connectivity index (χ1n) is 9.56. The zero-order chi connectivity index (χ0) is 20.2. The number of nitrogens with one attached hydrogen (secondary N) is 2. The maximum Gasteiger partial charge on any atom is 0.326 e. The van der Waals surface area contributed by atoms with E-state index in [1.165, 1.54) is 0 Å². The lowest BCUT2D eigenvalue weighted by Crippen LogP contribution is -2.33. The van der Waals surface area contributed by atoms with Crippen molar-refractivity contribution in [2.45, 2.75) is 19.9 Å². The predicted octanol–water partition coefficient (Wildman–Crippen LogP) is 3.91. The van der Waals surface area contributed by atoms with Crippen LogP contribution in [0.15, 0.2) is 67.0 Å². The highest BCUT2D eigenvalue weighted by atomic mass is 16.2. The van der Waals surface area contributed by atoms with Crippen LogP contribution in [-0.2, 0) is 13.0 Å². The standard InChI is InChI=1S/C23H22N4O2/c1-16-5-7-18(8-6-16)26-23(29)27-14-11-19-20(3-2-4-21(19)27)22(28)25-15-17-9-12-24-13-10-17/h2-10,12-13H,11,14-15H2,1H3,(H,25,28)(H,26,29). The number of fused-ring (bicyclic) bond motifs is 1. The van der Waals surface area contributed by atoms with Gasteiger partial charge in [0.1, 0.15) is 0 Å². The maximum atomic E-state index is 12.8. The van der Waals surface area contributed by atoms with Crippen LogP contribution in [-0.4, -0.2) is 23.5 Å². The highest BCUT2D eigenvalue weighted by Crippen LogP contribution is 2.31. The van der Waals surface area contributed by atoms with Crippen LogP contribution in [0.3, 0.4) is 0 Å². The quantitative estimate of drug-likeness (QED) is 0.714. The lowest BCUT2D eigenvalue weighted by molar-refractivity contribution is 0.0950. The molecule has 6 nitrogen and oxygen atoms in total. The van der Waals surface area contributed by atoms with Crippen LogP contribution in [0.25, 0.3) is 0 Å². The van der Waals surface area contributed by atoms with Crippen LogP contribution < -0.4 is 15.5 Å². The van der Waals surface area contributed by atoms with Crippen molar-refractivity contribution in [3.63, 3.8) is 0 Å². The fourth-order valence-electron chi connectivity index (χ4n) is 3.46. The summed E-state index contributed by atoms with van der Waals surface area (Å²) in [5.41, 5.74) is 5.17. The molecule has 146 valence electrons. The van der Waals surface area contributed by atoms with Gasteiger partial charge < -0.3 is 10.6 Å². The average Bonchev–Trinajstić information content (AvgIpc) is 3.19. The average molecular weight is 386 g/mol. The van der Waals surface area contributed by atoms with E-state index < -0.39 is 0 Å². The van der Waals surface area contributed by atoms with Gasteiger partial charge in [-0.25, -0.2) is 4.79 Å². The van der Waals surface area contributed by atoms with E-state index >= 15 is 0 Å². The molecule has 0 aliphatic carbocycles. The van der Waals surface area contributed by atoms with Crippen LogP contribution in [0.5, 0.6) is 0 Å². The fourth-order valence-corrected chi connectivity index (χ4v) is 3.46. The van der Waals surface area contributed by atoms with Crippen molar-refractivity contribution in [2.75, 3.05) is 16.8 Å². The number of hydrogen-bond acceptors (Lipinski definition) is 3. The maximum absolute atomic E-state index is 12.8. The van der Waals surface area contributed by atoms with Gasteiger partial charge in [0, 0.05) is 42.4 Å². The van der Waals surface area contributed by atoms with E-state index in [1.807, 2.05) is 61.5 Å². The molecule has 0 saturated carbocycles. The number of hydrogen-bond donors (Lipinski definition) is 2. The van der Waals surface area contributed by atoms with Gasteiger partial charge in [-0.15, -0.1) is 0 Å². The second kappa shape index (κ2) is 8.14. The van der Waals surface area contributed by atoms with Gasteiger partial charge >= 0.3 is 6.03 Å². The Labute approximate surface area is 169 Å². The molecule has 29 heavy (non-hydrogen) atoms. The SMILES string of the molecule is Cc1ccc(NC(=O)N2CCc3c(C(=O)NCc4ccncc4)cccc32)cc1. The van der Waals surface area contributed by atoms with Crippen molar-refractivity contribution in [3.05, 3.63) is 89.2 Å². The van der Waals surface area contributed by atoms with Crippen molar-refractivity contribution >= 4 is 23.3 Å². The lowest BCUT2D eigenvalue weighted by atomic mass is 10.0. The summed E-state index contributed by atoms with van der Waals surface area (Å²) in [6.07, 6.45) is 4.05. The topological polar surface area (TPSA) is 74.3 Å². The molecule has 3 aromatic rings. The van der Waals surface area contributed by atoms with Crippen LogP contribution >= 0.6 is 0 Å². The first-order chi connectivity index (χ1) is 14.1. The molecule has 0 radical (unpaired) electrons. The van der Waals surface area contributed by atoms with Gasteiger partial charge in [-0.1, -0.05) is 23.8 Å². The first-order valence-corrected chi connectivity index (χ1v) is 9.56. The molecule has 2 N–H and O–H groups in total. The number of amides is 3. The molecule has 1 aliphatic heterocycles. The Balaban J connectivity index is 1.48. The minimum atomic E-state index is -0.193. The van der Waals surface area contributed by atoms with Gasteiger partial charge in [0.25, 0.3) is 5.91 Å². The number of anilines is 2. The lowest BCUT2D eigenvalue weighted by Gasteiger charge is -2.18. The largest absolute Gasteiger partial charge is 0.348 e. The molecule has 1 aliphatic rings. The molecular weight excluding hydrogens is 364 g/mol. The zero-order valence-electron chi connectivity index (χ0n) is 16.2. The third-order valence-corrected chi connectivity index (χ3v) is 5.02. The molecular formula is C23H22N4O2. The Morgan fingerprint density at radius 2 is 1.79 bits per heavy atom. The van der Waals surface area contributed by atoms with Gasteiger partial charge in [-0.05, 0) is 60.9 Å². The number of urea groups is 1. The fraction of sp³-hybridized carbons (Fsp3) is 0.174. The summed E-state index contributed by atoms with van der Waals surface area (Å²) in [6.45, 7) is 2.98. The predicted molar refractivity (Wildman–Crippen MR) is 113 cm³/mol. The molecule has 0 spiro atoms. The molecule has 6 heteroatoms. The van der Waals surface area contributed by atoms with E-state index in [1.54, 1.807) is 17.3 Å². The summed E-state index contributed by atoms with van der Waals surface area (Å²) >= 11 is 0. The van der Waals surface area contributed by atoms with E-state index in [0.29, 0.717) is 25.1 Å². The van der Waals surface area contributed by atoms with Gasteiger partial charge in [0.2, 0.25) is 0 Å². The van der Waals surface area contributed by atoms with Crippen molar-refractivity contribution in [3.8, 4) is 0 Å². The van der Waals surface area contributed by atoms with E-state index in [-0.39, 0.29) is 11.9 Å². The van der Waals surface area contributed by atoms with Crippen molar-refractivity contribution in [2.24, 2.45) is 0 Å². The van der Waals surface area contributed by atoms with Crippen molar-refractivity contribution in [1.29, 1.82) is 0 Å². The molecule has 2 heterocycles. The van der Waals surface area contributed by atoms with Crippen LogP contribution in [0.2, 0.25) is 0 Å². The molecule has 1 aromatic heterocycles. The second-order valence-electron chi connectivity index (χ2n) is 7.04. The summed E-state index contributed by atoms with van der Waals surface area (Å²) in [6, 6.07) is 16.7. The number of nitrogens with zero attached hydrogens (tertiary/aromatic N) is 2. The van der Waals surface area contributed by atoms with Crippen LogP contribution in [0.4, 0.5) is 16.2 Å². The number of carbonyl (C=O) groups is 2. The van der Waals surface area contributed by atoms with E-state index in [2.05, 4.69) is 15.6 Å². The molecule has 0 unspecified atom stereocenters. The number of rotatable bonds is 4. The van der Waals surface area contributed by atoms with Crippen LogP contribution in [0, 0.1) is 6.92 Å². The zero-order valence-corrected chi connectivity index (χ0v) is 16.2. The van der Waals surface area contributed by atoms with E-state index in [4.69, 9.17) is 0 Å². The minimum Gasteiger partial charge on any atom is -0.348 e. The summed E-state index contributed by atoms with van der Waals surface area (Å²) in [4.78, 5) is 31.2. The van der Waals surface area contributed by atoms with Crippen molar-refractivity contribution < 1.29 is 9.59 Å². The number of carbonyl (C=O) groups excluding carboxylic acids is 2. The third-order valence-electron chi connectivity index (χ3n) is 5.02. The highest BCUT2D eigenvalue weighted by molar-refractivity contribution is 6.05. The smallest absolute Gasteiger partial charge is 0.326 e. The summed E-state index contributed by atoms with van der Waals surface area (Å²) in [7, 11) is 0. The van der Waals surface area contributed by atoms with Gasteiger partial charge in [-0.3, -0.25) is 14.7 Å². The Morgan fingerprint density at radius 3 is 2.55 bits per heavy atom. The number of benzene rings is 2. The third kappa shape index (κ3) is 4.11. The second-order valence-corrected chi connectivity index (χ2v) is 7.04. The molecule has 0 fully saturated rings. The molecule has 0 atom stereocenters. The van der Waals surface area contributed by atoms with Crippen molar-refractivity contribution in [1.82, 2.24) is 10.3 Å². The first kappa shape index (κ1) is 18.7. The summed E-state index contributed by atoms with van der Waals surface area (Å²) in [5.74, 6) is -0.139. The Kier molecular flexibility index (Phi) is 5.24.